The predicted octanol–water partition coefficient (Wildman–Crippen LogP) is 3.78. The molecule has 8 heteroatoms. The molecule has 0 atom stereocenters. The Morgan fingerprint density at radius 3 is 2.38 bits per heavy atom. The summed E-state index contributed by atoms with van der Waals surface area (Å²) in [5.41, 5.74) is 4.87. The van der Waals surface area contributed by atoms with Crippen LogP contribution in [0.15, 0.2) is 30.3 Å². The van der Waals surface area contributed by atoms with Crippen LogP contribution in [-0.4, -0.2) is 38.8 Å². The monoisotopic (exact) mass is 432 g/mol. The number of nitriles is 1. The third-order valence-corrected chi connectivity index (χ3v) is 5.14. The van der Waals surface area contributed by atoms with Crippen LogP contribution in [0, 0.1) is 39.0 Å². The molecule has 0 aliphatic heterocycles. The molecule has 32 heavy (non-hydrogen) atoms. The fraction of sp³-hybridized carbons (Fsp3) is 0.375. The molecule has 0 aliphatic carbocycles. The number of carbonyl (C=O) groups excluding carboxylic acids is 1. The third kappa shape index (κ3) is 5.11. The lowest BCUT2D eigenvalue weighted by Gasteiger charge is -2.22. The van der Waals surface area contributed by atoms with Crippen molar-refractivity contribution in [2.75, 3.05) is 18.1 Å². The zero-order chi connectivity index (χ0) is 23.3. The topological polar surface area (TPSA) is 96.9 Å². The number of ether oxygens (including phenoxy) is 1. The second-order valence-electron chi connectivity index (χ2n) is 7.57. The van der Waals surface area contributed by atoms with E-state index in [0.717, 1.165) is 39.8 Å². The largest absolute Gasteiger partial charge is 0.494 e. The van der Waals surface area contributed by atoms with Gasteiger partial charge in [-0.1, -0.05) is 0 Å². The molecule has 166 valence electrons. The fourth-order valence-electron chi connectivity index (χ4n) is 3.62. The predicted molar refractivity (Wildman–Crippen MR) is 122 cm³/mol. The Bertz CT molecular complexity index is 1120. The molecule has 0 unspecified atom stereocenters. The molecule has 0 fully saturated rings. The van der Waals surface area contributed by atoms with Crippen molar-refractivity contribution in [3.05, 3.63) is 58.7 Å². The number of hydrogen-bond donors (Lipinski definition) is 0. The molecular weight excluding hydrogens is 404 g/mol. The van der Waals surface area contributed by atoms with Crippen molar-refractivity contribution >= 4 is 11.6 Å². The first kappa shape index (κ1) is 22.9. The van der Waals surface area contributed by atoms with Crippen molar-refractivity contribution in [2.24, 2.45) is 0 Å². The number of aryl methyl sites for hydroxylation is 3. The van der Waals surface area contributed by atoms with E-state index in [4.69, 9.17) is 10.00 Å². The average Bonchev–Trinajstić information content (AvgIpc) is 3.03. The highest BCUT2D eigenvalue weighted by Crippen LogP contribution is 2.23. The molecular formula is C24H28N6O2. The zero-order valence-electron chi connectivity index (χ0n) is 19.2. The minimum absolute atomic E-state index is 0.100. The number of amides is 1. The van der Waals surface area contributed by atoms with Crippen LogP contribution in [-0.2, 0) is 11.2 Å². The SMILES string of the molecule is CCOc1ccc(N(CCC#N)C(=O)Cc2c(C)nn(-c3nc(C)cc(C)n3)c2C)cc1. The Labute approximate surface area is 188 Å². The van der Waals surface area contributed by atoms with Crippen molar-refractivity contribution < 1.29 is 9.53 Å². The molecule has 0 aliphatic rings. The molecule has 2 heterocycles. The van der Waals surface area contributed by atoms with Crippen LogP contribution in [0.2, 0.25) is 0 Å². The summed E-state index contributed by atoms with van der Waals surface area (Å²) in [6.07, 6.45) is 0.410. The third-order valence-electron chi connectivity index (χ3n) is 5.14. The van der Waals surface area contributed by atoms with E-state index in [2.05, 4.69) is 21.1 Å². The molecule has 8 nitrogen and oxygen atoms in total. The van der Waals surface area contributed by atoms with E-state index in [-0.39, 0.29) is 18.7 Å². The van der Waals surface area contributed by atoms with E-state index in [0.29, 0.717) is 19.1 Å². The van der Waals surface area contributed by atoms with Crippen LogP contribution in [0.3, 0.4) is 0 Å². The maximum Gasteiger partial charge on any atom is 0.251 e. The number of hydrogen-bond acceptors (Lipinski definition) is 6. The Morgan fingerprint density at radius 2 is 1.78 bits per heavy atom. The molecule has 0 N–H and O–H groups in total. The summed E-state index contributed by atoms with van der Waals surface area (Å²) in [7, 11) is 0. The molecule has 0 radical (unpaired) electrons. The van der Waals surface area contributed by atoms with Gasteiger partial charge < -0.3 is 9.64 Å². The first-order chi connectivity index (χ1) is 15.3. The Balaban J connectivity index is 1.89. The summed E-state index contributed by atoms with van der Waals surface area (Å²) >= 11 is 0. The second kappa shape index (κ2) is 10.1. The summed E-state index contributed by atoms with van der Waals surface area (Å²) in [5.74, 6) is 1.14. The minimum Gasteiger partial charge on any atom is -0.494 e. The lowest BCUT2D eigenvalue weighted by atomic mass is 10.1. The van der Waals surface area contributed by atoms with E-state index in [9.17, 15) is 4.79 Å². The Hall–Kier alpha value is -3.73. The van der Waals surface area contributed by atoms with E-state index < -0.39 is 0 Å². The fourth-order valence-corrected chi connectivity index (χ4v) is 3.62. The number of nitrogens with zero attached hydrogens (tertiary/aromatic N) is 6. The normalized spacial score (nSPS) is 10.6. The number of anilines is 1. The smallest absolute Gasteiger partial charge is 0.251 e. The molecule has 3 aromatic rings. The van der Waals surface area contributed by atoms with Gasteiger partial charge in [0.1, 0.15) is 5.75 Å². The van der Waals surface area contributed by atoms with Gasteiger partial charge in [-0.15, -0.1) is 0 Å². The standard InChI is InChI=1S/C24H28N6O2/c1-6-32-21-10-8-20(9-11-21)29(13-7-12-25)23(31)15-22-18(4)28-30(19(22)5)24-26-16(2)14-17(3)27-24/h8-11,14H,6-7,13,15H2,1-5H3. The highest BCUT2D eigenvalue weighted by Gasteiger charge is 2.22. The van der Waals surface area contributed by atoms with Gasteiger partial charge in [0, 0.05) is 34.9 Å². The first-order valence-electron chi connectivity index (χ1n) is 10.6. The van der Waals surface area contributed by atoms with Crippen LogP contribution in [0.5, 0.6) is 5.75 Å². The molecule has 3 rings (SSSR count). The molecule has 0 saturated heterocycles. The van der Waals surface area contributed by atoms with Crippen molar-refractivity contribution in [3.8, 4) is 17.8 Å². The molecule has 0 saturated carbocycles. The summed E-state index contributed by atoms with van der Waals surface area (Å²) in [6, 6.07) is 11.4. The molecule has 1 aromatic carbocycles. The molecule has 0 spiro atoms. The first-order valence-corrected chi connectivity index (χ1v) is 10.6. The highest BCUT2D eigenvalue weighted by atomic mass is 16.5. The number of rotatable bonds is 8. The van der Waals surface area contributed by atoms with E-state index in [1.807, 2.05) is 65.0 Å². The van der Waals surface area contributed by atoms with Crippen LogP contribution in [0.4, 0.5) is 5.69 Å². The van der Waals surface area contributed by atoms with Crippen LogP contribution in [0.1, 0.15) is 41.7 Å². The zero-order valence-corrected chi connectivity index (χ0v) is 19.2. The van der Waals surface area contributed by atoms with Crippen molar-refractivity contribution in [1.29, 1.82) is 5.26 Å². The van der Waals surface area contributed by atoms with Gasteiger partial charge in [0.2, 0.25) is 5.91 Å². The second-order valence-corrected chi connectivity index (χ2v) is 7.57. The summed E-state index contributed by atoms with van der Waals surface area (Å²) in [5, 5.41) is 13.7. The molecule has 1 amide bonds. The van der Waals surface area contributed by atoms with Crippen molar-refractivity contribution in [1.82, 2.24) is 19.7 Å². The maximum absolute atomic E-state index is 13.3. The lowest BCUT2D eigenvalue weighted by molar-refractivity contribution is -0.118. The van der Waals surface area contributed by atoms with Gasteiger partial charge in [-0.25, -0.2) is 14.6 Å². The minimum atomic E-state index is -0.100. The number of aromatic nitrogens is 4. The van der Waals surface area contributed by atoms with Gasteiger partial charge in [-0.2, -0.15) is 10.4 Å². The van der Waals surface area contributed by atoms with Gasteiger partial charge in [0.05, 0.1) is 31.2 Å². The molecule has 0 bridgehead atoms. The van der Waals surface area contributed by atoms with Gasteiger partial charge in [0.15, 0.2) is 0 Å². The van der Waals surface area contributed by atoms with E-state index >= 15 is 0 Å². The number of benzene rings is 1. The van der Waals surface area contributed by atoms with Gasteiger partial charge in [-0.3, -0.25) is 4.79 Å². The number of carbonyl (C=O) groups is 1. The summed E-state index contributed by atoms with van der Waals surface area (Å²) < 4.78 is 7.18. The summed E-state index contributed by atoms with van der Waals surface area (Å²) in [6.45, 7) is 10.4. The molecule has 2 aromatic heterocycles. The quantitative estimate of drug-likeness (QED) is 0.537. The van der Waals surface area contributed by atoms with E-state index in [1.54, 1.807) is 9.58 Å². The Kier molecular flexibility index (Phi) is 7.21. The van der Waals surface area contributed by atoms with Gasteiger partial charge >= 0.3 is 0 Å². The van der Waals surface area contributed by atoms with Crippen LogP contribution in [0.25, 0.3) is 5.95 Å². The van der Waals surface area contributed by atoms with Gasteiger partial charge in [0.25, 0.3) is 5.95 Å². The van der Waals surface area contributed by atoms with Gasteiger partial charge in [-0.05, 0) is 65.0 Å². The van der Waals surface area contributed by atoms with Crippen LogP contribution >= 0.6 is 0 Å². The summed E-state index contributed by atoms with van der Waals surface area (Å²) in [4.78, 5) is 23.9. The Morgan fingerprint density at radius 1 is 1.12 bits per heavy atom. The van der Waals surface area contributed by atoms with Crippen molar-refractivity contribution in [3.63, 3.8) is 0 Å². The lowest BCUT2D eigenvalue weighted by Crippen LogP contribution is -2.33. The maximum atomic E-state index is 13.3. The average molecular weight is 433 g/mol. The van der Waals surface area contributed by atoms with Crippen molar-refractivity contribution in [2.45, 2.75) is 47.5 Å². The highest BCUT2D eigenvalue weighted by molar-refractivity contribution is 5.95. The van der Waals surface area contributed by atoms with Crippen LogP contribution < -0.4 is 9.64 Å². The van der Waals surface area contributed by atoms with E-state index in [1.165, 1.54) is 0 Å².